The molecule has 3 heterocycles. The summed E-state index contributed by atoms with van der Waals surface area (Å²) in [5.41, 5.74) is 0.791. The maximum atomic E-state index is 11.4. The maximum absolute atomic E-state index is 11.4. The topological polar surface area (TPSA) is 85.6 Å². The second-order valence-corrected chi connectivity index (χ2v) is 5.68. The number of fused-ring (bicyclic) bond motifs is 3. The number of hydrogen-bond acceptors (Lipinski definition) is 6. The molecule has 7 heteroatoms. The Bertz CT molecular complexity index is 748. The average Bonchev–Trinajstić information content (AvgIpc) is 3.08. The molecule has 0 unspecified atom stereocenters. The van der Waals surface area contributed by atoms with Gasteiger partial charge in [0.2, 0.25) is 0 Å². The Labute approximate surface area is 132 Å². The normalized spacial score (nSPS) is 28.2. The molecule has 2 aliphatic rings. The minimum Gasteiger partial charge on any atom is -0.455 e. The van der Waals surface area contributed by atoms with Crippen molar-refractivity contribution in [2.75, 3.05) is 6.61 Å². The molecule has 1 aromatic heterocycles. The highest BCUT2D eigenvalue weighted by Gasteiger charge is 2.51. The van der Waals surface area contributed by atoms with Gasteiger partial charge >= 0.3 is 6.01 Å². The van der Waals surface area contributed by atoms with E-state index in [1.807, 2.05) is 30.3 Å². The van der Waals surface area contributed by atoms with Gasteiger partial charge in [-0.3, -0.25) is 9.36 Å². The molecule has 2 aliphatic heterocycles. The van der Waals surface area contributed by atoms with Crippen LogP contribution in [0, 0.1) is 0 Å². The summed E-state index contributed by atoms with van der Waals surface area (Å²) in [4.78, 5) is 15.2. The summed E-state index contributed by atoms with van der Waals surface area (Å²) in [5.74, 6) is 0. The Kier molecular flexibility index (Phi) is 3.60. The van der Waals surface area contributed by atoms with Gasteiger partial charge in [-0.1, -0.05) is 30.3 Å². The first-order valence-electron chi connectivity index (χ1n) is 7.56. The molecule has 2 aromatic rings. The van der Waals surface area contributed by atoms with Crippen LogP contribution in [0.2, 0.25) is 0 Å². The summed E-state index contributed by atoms with van der Waals surface area (Å²) in [5, 5.41) is 13.0. The van der Waals surface area contributed by atoms with E-state index in [0.29, 0.717) is 6.54 Å². The van der Waals surface area contributed by atoms with Gasteiger partial charge in [0.15, 0.2) is 12.3 Å². The Morgan fingerprint density at radius 3 is 2.87 bits per heavy atom. The van der Waals surface area contributed by atoms with Crippen LogP contribution >= 0.6 is 0 Å². The number of nitrogens with one attached hydrogen (secondary N) is 1. The molecule has 1 fully saturated rings. The largest absolute Gasteiger partial charge is 0.455 e. The average molecular weight is 315 g/mol. The zero-order valence-electron chi connectivity index (χ0n) is 12.3. The molecule has 1 saturated heterocycles. The highest BCUT2D eigenvalue weighted by molar-refractivity contribution is 5.16. The summed E-state index contributed by atoms with van der Waals surface area (Å²) in [6.45, 7) is 0.533. The van der Waals surface area contributed by atoms with E-state index in [4.69, 9.17) is 9.47 Å². The smallest absolute Gasteiger partial charge is 0.302 e. The molecule has 0 bridgehead atoms. The van der Waals surface area contributed by atoms with Gasteiger partial charge in [0.1, 0.15) is 6.10 Å². The Hall–Kier alpha value is -2.22. The lowest BCUT2D eigenvalue weighted by atomic mass is 10.1. The first-order valence-corrected chi connectivity index (χ1v) is 7.56. The van der Waals surface area contributed by atoms with Gasteiger partial charge in [-0.05, 0) is 5.56 Å². The summed E-state index contributed by atoms with van der Waals surface area (Å²) in [6.07, 6.45) is 0.526. The van der Waals surface area contributed by atoms with Crippen molar-refractivity contribution in [3.63, 3.8) is 0 Å². The number of benzene rings is 1. The van der Waals surface area contributed by atoms with E-state index in [9.17, 15) is 9.90 Å². The molecule has 0 aliphatic carbocycles. The minimum atomic E-state index is -0.386. The van der Waals surface area contributed by atoms with Gasteiger partial charge in [-0.15, -0.1) is 0 Å². The lowest BCUT2D eigenvalue weighted by Gasteiger charge is -2.21. The second kappa shape index (κ2) is 5.77. The van der Waals surface area contributed by atoms with Crippen molar-refractivity contribution in [1.29, 1.82) is 0 Å². The third kappa shape index (κ3) is 2.52. The summed E-state index contributed by atoms with van der Waals surface area (Å²) >= 11 is 0. The number of rotatable bonds is 4. The van der Waals surface area contributed by atoms with Gasteiger partial charge in [-0.25, -0.2) is 0 Å². The Morgan fingerprint density at radius 2 is 2.09 bits per heavy atom. The molecule has 0 radical (unpaired) electrons. The van der Waals surface area contributed by atoms with Crippen molar-refractivity contribution in [1.82, 2.24) is 14.9 Å². The third-order valence-corrected chi connectivity index (χ3v) is 4.23. The van der Waals surface area contributed by atoms with Gasteiger partial charge in [0.25, 0.3) is 5.56 Å². The lowest BCUT2D eigenvalue weighted by Crippen LogP contribution is -2.46. The quantitative estimate of drug-likeness (QED) is 0.829. The fourth-order valence-corrected chi connectivity index (χ4v) is 3.12. The van der Waals surface area contributed by atoms with Gasteiger partial charge in [-0.2, -0.15) is 4.98 Å². The van der Waals surface area contributed by atoms with Gasteiger partial charge in [0.05, 0.1) is 12.6 Å². The molecule has 4 atom stereocenters. The molecule has 23 heavy (non-hydrogen) atoms. The van der Waals surface area contributed by atoms with Crippen molar-refractivity contribution in [2.24, 2.45) is 0 Å². The van der Waals surface area contributed by atoms with Crippen molar-refractivity contribution < 1.29 is 14.6 Å². The van der Waals surface area contributed by atoms with Crippen LogP contribution in [0.4, 0.5) is 0 Å². The number of aliphatic hydroxyl groups excluding tert-OH is 1. The Morgan fingerprint density at radius 1 is 1.26 bits per heavy atom. The number of nitrogens with zero attached hydrogens (tertiary/aromatic N) is 2. The SMILES string of the molecule is O=c1ccn2c(n1)O[C@H]1[C@H](NCc3ccccc3)[C@@H](CO)O[C@H]12. The summed E-state index contributed by atoms with van der Waals surface area (Å²) in [6, 6.07) is 11.4. The van der Waals surface area contributed by atoms with Crippen LogP contribution in [0.5, 0.6) is 6.01 Å². The highest BCUT2D eigenvalue weighted by atomic mass is 16.6. The van der Waals surface area contributed by atoms with Crippen LogP contribution in [0.1, 0.15) is 11.8 Å². The van der Waals surface area contributed by atoms with E-state index < -0.39 is 0 Å². The molecule has 2 N–H and O–H groups in total. The lowest BCUT2D eigenvalue weighted by molar-refractivity contribution is -0.0283. The molecule has 120 valence electrons. The molecular weight excluding hydrogens is 298 g/mol. The van der Waals surface area contributed by atoms with Crippen molar-refractivity contribution in [3.8, 4) is 6.01 Å². The molecule has 0 saturated carbocycles. The number of aliphatic hydroxyl groups is 1. The first-order chi connectivity index (χ1) is 11.3. The van der Waals surface area contributed by atoms with Crippen molar-refractivity contribution in [2.45, 2.75) is 31.0 Å². The van der Waals surface area contributed by atoms with Gasteiger partial charge in [0, 0.05) is 18.8 Å². The van der Waals surface area contributed by atoms with Crippen molar-refractivity contribution in [3.05, 3.63) is 58.5 Å². The van der Waals surface area contributed by atoms with E-state index >= 15 is 0 Å². The first kappa shape index (κ1) is 14.4. The molecular formula is C16H17N3O4. The molecule has 7 nitrogen and oxygen atoms in total. The van der Waals surface area contributed by atoms with Crippen LogP contribution in [-0.4, -0.2) is 39.5 Å². The Balaban J connectivity index is 1.54. The van der Waals surface area contributed by atoms with E-state index in [1.165, 1.54) is 6.07 Å². The van der Waals surface area contributed by atoms with Crippen LogP contribution in [0.15, 0.2) is 47.4 Å². The standard InChI is InChI=1S/C16H17N3O4/c20-9-11-13(17-8-10-4-2-1-3-5-10)14-15(22-11)19-7-6-12(21)18-16(19)23-14/h1-7,11,13-15,17,20H,8-9H2/t11-,13-,14+,15-/m1/s1. The molecule has 4 rings (SSSR count). The predicted molar refractivity (Wildman–Crippen MR) is 81.0 cm³/mol. The molecule has 1 aromatic carbocycles. The van der Waals surface area contributed by atoms with Crippen LogP contribution < -0.4 is 15.6 Å². The number of ether oxygens (including phenoxy) is 2. The van der Waals surface area contributed by atoms with Crippen LogP contribution in [0.25, 0.3) is 0 Å². The number of aromatic nitrogens is 2. The fraction of sp³-hybridized carbons (Fsp3) is 0.375. The molecule has 0 spiro atoms. The van der Waals surface area contributed by atoms with Crippen LogP contribution in [0.3, 0.4) is 0 Å². The minimum absolute atomic E-state index is 0.105. The van der Waals surface area contributed by atoms with Gasteiger partial charge < -0.3 is 19.9 Å². The van der Waals surface area contributed by atoms with Crippen molar-refractivity contribution >= 4 is 0 Å². The zero-order valence-corrected chi connectivity index (χ0v) is 12.3. The van der Waals surface area contributed by atoms with Crippen LogP contribution in [-0.2, 0) is 11.3 Å². The third-order valence-electron chi connectivity index (χ3n) is 4.23. The number of hydrogen-bond donors (Lipinski definition) is 2. The molecule has 0 amide bonds. The summed E-state index contributed by atoms with van der Waals surface area (Å²) in [7, 11) is 0. The monoisotopic (exact) mass is 315 g/mol. The second-order valence-electron chi connectivity index (χ2n) is 5.68. The van der Waals surface area contributed by atoms with E-state index in [2.05, 4.69) is 10.3 Å². The zero-order chi connectivity index (χ0) is 15.8. The predicted octanol–water partition coefficient (Wildman–Crippen LogP) is 0.0524. The maximum Gasteiger partial charge on any atom is 0.302 e. The van der Waals surface area contributed by atoms with E-state index in [-0.39, 0.29) is 42.7 Å². The fourth-order valence-electron chi connectivity index (χ4n) is 3.12. The van der Waals surface area contributed by atoms with E-state index in [1.54, 1.807) is 10.8 Å². The highest BCUT2D eigenvalue weighted by Crippen LogP contribution is 2.38. The summed E-state index contributed by atoms with van der Waals surface area (Å²) < 4.78 is 13.4. The van der Waals surface area contributed by atoms with E-state index in [0.717, 1.165) is 5.56 Å².